The monoisotopic (exact) mass is 482 g/mol. The normalized spacial score (nSPS) is 11.0. The topological polar surface area (TPSA) is 92.3 Å². The van der Waals surface area contributed by atoms with E-state index in [0.29, 0.717) is 45.0 Å². The maximum Gasteiger partial charge on any atom is 0.338 e. The van der Waals surface area contributed by atoms with E-state index in [4.69, 9.17) is 32.4 Å². The van der Waals surface area contributed by atoms with E-state index in [1.807, 2.05) is 13.0 Å². The summed E-state index contributed by atoms with van der Waals surface area (Å²) in [5.41, 5.74) is 1.29. The van der Waals surface area contributed by atoms with Crippen molar-refractivity contribution in [1.29, 1.82) is 5.26 Å². The summed E-state index contributed by atoms with van der Waals surface area (Å²) in [5, 5.41) is 13.0. The van der Waals surface area contributed by atoms with Crippen LogP contribution in [0.2, 0.25) is 10.0 Å². The van der Waals surface area contributed by atoms with Crippen LogP contribution in [-0.2, 0) is 9.53 Å². The predicted octanol–water partition coefficient (Wildman–Crippen LogP) is 6.76. The molecule has 0 aliphatic heterocycles. The average molecular weight is 483 g/mol. The highest BCUT2D eigenvalue weighted by Gasteiger charge is 2.14. The first-order chi connectivity index (χ1) is 15.9. The Morgan fingerprint density at radius 1 is 1.12 bits per heavy atom. The molecule has 168 valence electrons. The Balaban J connectivity index is 1.68. The molecule has 1 N–H and O–H groups in total. The molecule has 0 saturated heterocycles. The van der Waals surface area contributed by atoms with Crippen LogP contribution in [0.1, 0.15) is 35.9 Å². The third-order valence-electron chi connectivity index (χ3n) is 4.58. The second-order valence-corrected chi connectivity index (χ2v) is 7.86. The molecule has 0 atom stereocenters. The number of ether oxygens (including phenoxy) is 1. The zero-order valence-corrected chi connectivity index (χ0v) is 19.2. The molecule has 3 rings (SSSR count). The lowest BCUT2D eigenvalue weighted by atomic mass is 10.2. The minimum atomic E-state index is -0.613. The molecule has 0 radical (unpaired) electrons. The van der Waals surface area contributed by atoms with Crippen molar-refractivity contribution in [2.45, 2.75) is 19.8 Å². The van der Waals surface area contributed by atoms with Gasteiger partial charge >= 0.3 is 5.97 Å². The number of benzene rings is 2. The fourth-order valence-corrected chi connectivity index (χ4v) is 3.34. The average Bonchev–Trinajstić information content (AvgIpc) is 3.26. The summed E-state index contributed by atoms with van der Waals surface area (Å²) < 4.78 is 10.9. The number of nitriles is 1. The Bertz CT molecular complexity index is 1220. The smallest absolute Gasteiger partial charge is 0.338 e. The van der Waals surface area contributed by atoms with Crippen molar-refractivity contribution in [2.24, 2.45) is 0 Å². The van der Waals surface area contributed by atoms with Gasteiger partial charge in [-0.15, -0.1) is 0 Å². The number of anilines is 1. The summed E-state index contributed by atoms with van der Waals surface area (Å²) in [6.07, 6.45) is 3.07. The molecule has 1 heterocycles. The molecule has 1 aromatic heterocycles. The predicted molar refractivity (Wildman–Crippen MR) is 128 cm³/mol. The van der Waals surface area contributed by atoms with Gasteiger partial charge in [0.15, 0.2) is 0 Å². The quantitative estimate of drug-likeness (QED) is 0.166. The molecule has 0 bridgehead atoms. The molecule has 0 unspecified atom stereocenters. The van der Waals surface area contributed by atoms with E-state index in [9.17, 15) is 14.9 Å². The van der Waals surface area contributed by atoms with Crippen LogP contribution in [0.3, 0.4) is 0 Å². The third-order valence-corrected chi connectivity index (χ3v) is 5.13. The summed E-state index contributed by atoms with van der Waals surface area (Å²) in [6.45, 7) is 2.37. The molecule has 6 nitrogen and oxygen atoms in total. The van der Waals surface area contributed by atoms with Gasteiger partial charge in [0, 0.05) is 22.3 Å². The Kier molecular flexibility index (Phi) is 8.31. The lowest BCUT2D eigenvalue weighted by Crippen LogP contribution is -2.13. The SMILES string of the molecule is CCCCOC(=O)c1ccc(NC(=O)C(C#N)=Cc2ccc(-c3ccc(Cl)cc3Cl)o2)cc1. The van der Waals surface area contributed by atoms with Gasteiger partial charge in [0.2, 0.25) is 0 Å². The van der Waals surface area contributed by atoms with Gasteiger partial charge in [-0.25, -0.2) is 4.79 Å². The fraction of sp³-hybridized carbons (Fsp3) is 0.160. The van der Waals surface area contributed by atoms with Gasteiger partial charge in [0.05, 0.1) is 17.2 Å². The first-order valence-electron chi connectivity index (χ1n) is 10.2. The molecular weight excluding hydrogens is 463 g/mol. The number of amides is 1. The van der Waals surface area contributed by atoms with E-state index in [2.05, 4.69) is 5.32 Å². The van der Waals surface area contributed by atoms with Crippen molar-refractivity contribution in [3.63, 3.8) is 0 Å². The van der Waals surface area contributed by atoms with Crippen LogP contribution in [0.15, 0.2) is 64.6 Å². The van der Waals surface area contributed by atoms with Crippen LogP contribution in [0.25, 0.3) is 17.4 Å². The third kappa shape index (κ3) is 6.48. The molecule has 1 amide bonds. The number of nitrogens with zero attached hydrogens (tertiary/aromatic N) is 1. The summed E-state index contributed by atoms with van der Waals surface area (Å²) in [7, 11) is 0. The van der Waals surface area contributed by atoms with Crippen LogP contribution < -0.4 is 5.32 Å². The van der Waals surface area contributed by atoms with Crippen LogP contribution in [0, 0.1) is 11.3 Å². The lowest BCUT2D eigenvalue weighted by molar-refractivity contribution is -0.112. The van der Waals surface area contributed by atoms with Gasteiger partial charge in [-0.2, -0.15) is 5.26 Å². The maximum absolute atomic E-state index is 12.5. The number of hydrogen-bond acceptors (Lipinski definition) is 5. The van der Waals surface area contributed by atoms with Crippen molar-refractivity contribution in [1.82, 2.24) is 0 Å². The minimum absolute atomic E-state index is 0.152. The van der Waals surface area contributed by atoms with Crippen LogP contribution in [0.5, 0.6) is 0 Å². The van der Waals surface area contributed by atoms with Crippen LogP contribution >= 0.6 is 23.2 Å². The summed E-state index contributed by atoms with van der Waals surface area (Å²) in [6, 6.07) is 16.4. The standard InChI is InChI=1S/C25H20Cl2N2O4/c1-2-3-12-32-25(31)16-4-7-19(8-5-16)29-24(30)17(15-28)13-20-9-11-23(33-20)21-10-6-18(26)14-22(21)27/h4-11,13-14H,2-3,12H2,1H3,(H,29,30). The van der Waals surface area contributed by atoms with Crippen molar-refractivity contribution in [3.8, 4) is 17.4 Å². The van der Waals surface area contributed by atoms with E-state index in [-0.39, 0.29) is 5.57 Å². The Morgan fingerprint density at radius 2 is 1.88 bits per heavy atom. The fourth-order valence-electron chi connectivity index (χ4n) is 2.84. The van der Waals surface area contributed by atoms with Gasteiger partial charge < -0.3 is 14.5 Å². The Hall–Kier alpha value is -3.53. The molecular formula is C25H20Cl2N2O4. The van der Waals surface area contributed by atoms with Crippen molar-refractivity contribution >= 4 is 46.8 Å². The number of hydrogen-bond donors (Lipinski definition) is 1. The second kappa shape index (κ2) is 11.4. The molecule has 2 aromatic carbocycles. The van der Waals surface area contributed by atoms with Crippen LogP contribution in [-0.4, -0.2) is 18.5 Å². The van der Waals surface area contributed by atoms with E-state index in [0.717, 1.165) is 12.8 Å². The van der Waals surface area contributed by atoms with Crippen LogP contribution in [0.4, 0.5) is 5.69 Å². The highest BCUT2D eigenvalue weighted by atomic mass is 35.5. The zero-order chi connectivity index (χ0) is 23.8. The number of nitrogens with one attached hydrogen (secondary N) is 1. The molecule has 3 aromatic rings. The summed E-state index contributed by atoms with van der Waals surface area (Å²) in [5.74, 6) is -0.249. The minimum Gasteiger partial charge on any atom is -0.462 e. The van der Waals surface area contributed by atoms with Gasteiger partial charge in [0.1, 0.15) is 23.2 Å². The summed E-state index contributed by atoms with van der Waals surface area (Å²) >= 11 is 12.1. The molecule has 0 aliphatic rings. The maximum atomic E-state index is 12.5. The molecule has 33 heavy (non-hydrogen) atoms. The molecule has 0 saturated carbocycles. The highest BCUT2D eigenvalue weighted by Crippen LogP contribution is 2.32. The second-order valence-electron chi connectivity index (χ2n) is 7.02. The highest BCUT2D eigenvalue weighted by molar-refractivity contribution is 6.36. The van der Waals surface area contributed by atoms with E-state index >= 15 is 0 Å². The number of unbranched alkanes of at least 4 members (excludes halogenated alkanes) is 1. The van der Waals surface area contributed by atoms with Crippen molar-refractivity contribution < 1.29 is 18.7 Å². The molecule has 0 aliphatic carbocycles. The summed E-state index contributed by atoms with van der Waals surface area (Å²) in [4.78, 5) is 24.5. The first-order valence-corrected chi connectivity index (χ1v) is 10.9. The Morgan fingerprint density at radius 3 is 2.55 bits per heavy atom. The zero-order valence-electron chi connectivity index (χ0n) is 17.7. The van der Waals surface area contributed by atoms with E-state index < -0.39 is 11.9 Å². The Labute approximate surface area is 201 Å². The van der Waals surface area contributed by atoms with Crippen molar-refractivity contribution in [3.05, 3.63) is 81.5 Å². The molecule has 0 spiro atoms. The first kappa shape index (κ1) is 24.1. The lowest BCUT2D eigenvalue weighted by Gasteiger charge is -2.06. The number of carbonyl (C=O) groups excluding carboxylic acids is 2. The largest absolute Gasteiger partial charge is 0.462 e. The molecule has 0 fully saturated rings. The number of furan rings is 1. The van der Waals surface area contributed by atoms with E-state index in [1.165, 1.54) is 6.08 Å². The van der Waals surface area contributed by atoms with Gasteiger partial charge in [-0.3, -0.25) is 4.79 Å². The van der Waals surface area contributed by atoms with Gasteiger partial charge in [0.25, 0.3) is 5.91 Å². The number of esters is 1. The van der Waals surface area contributed by atoms with E-state index in [1.54, 1.807) is 54.6 Å². The van der Waals surface area contributed by atoms with Crippen molar-refractivity contribution in [2.75, 3.05) is 11.9 Å². The molecule has 8 heteroatoms. The van der Waals surface area contributed by atoms with Gasteiger partial charge in [-0.1, -0.05) is 36.5 Å². The number of halogens is 2. The van der Waals surface area contributed by atoms with Gasteiger partial charge in [-0.05, 0) is 61.0 Å². The number of rotatable bonds is 8. The number of carbonyl (C=O) groups is 2.